The van der Waals surface area contributed by atoms with Gasteiger partial charge >= 0.3 is 0 Å². The number of carbonyl (C=O) groups is 2. The number of nitrogens with one attached hydrogen (secondary N) is 1. The molecule has 146 valence electrons. The minimum atomic E-state index is -0.0581. The minimum absolute atomic E-state index is 0.0122. The Bertz CT molecular complexity index is 870. The number of anilines is 1. The van der Waals surface area contributed by atoms with Gasteiger partial charge in [0.25, 0.3) is 11.8 Å². The molecule has 0 radical (unpaired) electrons. The summed E-state index contributed by atoms with van der Waals surface area (Å²) in [5.41, 5.74) is 3.53. The largest absolute Gasteiger partial charge is 0.482 e. The molecule has 2 aromatic carbocycles. The Kier molecular flexibility index (Phi) is 5.33. The van der Waals surface area contributed by atoms with Crippen LogP contribution in [0.1, 0.15) is 53.6 Å². The quantitative estimate of drug-likeness (QED) is 0.875. The zero-order chi connectivity index (χ0) is 19.5. The lowest BCUT2D eigenvalue weighted by Crippen LogP contribution is -2.38. The molecule has 0 atom stereocenters. The fourth-order valence-electron chi connectivity index (χ4n) is 3.95. The standard InChI is InChI=1S/C23H26N2O3/c1-16-7-12-21-20(13-16)25(22(26)15-28-21)14-17-8-10-18(11-9-17)23(27)24-19-5-3-2-4-6-19/h7-13,19H,2-6,14-15H2,1H3,(H,24,27). The number of hydrogen-bond acceptors (Lipinski definition) is 3. The first kappa shape index (κ1) is 18.5. The van der Waals surface area contributed by atoms with E-state index in [4.69, 9.17) is 4.74 Å². The van der Waals surface area contributed by atoms with Crippen LogP contribution in [0, 0.1) is 6.92 Å². The van der Waals surface area contributed by atoms with E-state index in [0.29, 0.717) is 18.2 Å². The van der Waals surface area contributed by atoms with Crippen LogP contribution in [0.3, 0.4) is 0 Å². The lowest BCUT2D eigenvalue weighted by Gasteiger charge is -2.29. The third-order valence-corrected chi connectivity index (χ3v) is 5.55. The maximum Gasteiger partial charge on any atom is 0.265 e. The van der Waals surface area contributed by atoms with Gasteiger partial charge in [-0.25, -0.2) is 0 Å². The zero-order valence-electron chi connectivity index (χ0n) is 16.2. The molecule has 5 heteroatoms. The molecule has 1 aliphatic carbocycles. The predicted molar refractivity (Wildman–Crippen MR) is 109 cm³/mol. The molecule has 0 saturated heterocycles. The van der Waals surface area contributed by atoms with E-state index in [-0.39, 0.29) is 18.4 Å². The average molecular weight is 378 g/mol. The minimum Gasteiger partial charge on any atom is -0.482 e. The van der Waals surface area contributed by atoms with E-state index in [1.54, 1.807) is 4.90 Å². The topological polar surface area (TPSA) is 58.6 Å². The Balaban J connectivity index is 1.45. The Morgan fingerprint density at radius 1 is 1.11 bits per heavy atom. The van der Waals surface area contributed by atoms with Gasteiger partial charge in [-0.1, -0.05) is 37.5 Å². The van der Waals surface area contributed by atoms with Crippen molar-refractivity contribution in [1.82, 2.24) is 5.32 Å². The fraction of sp³-hybridized carbons (Fsp3) is 0.391. The SMILES string of the molecule is Cc1ccc2c(c1)N(Cc1ccc(C(=O)NC3CCCCC3)cc1)C(=O)CO2. The van der Waals surface area contributed by atoms with Crippen molar-refractivity contribution in [2.45, 2.75) is 51.6 Å². The van der Waals surface area contributed by atoms with Crippen molar-refractivity contribution < 1.29 is 14.3 Å². The summed E-state index contributed by atoms with van der Waals surface area (Å²) in [6.07, 6.45) is 5.80. The number of hydrogen-bond donors (Lipinski definition) is 1. The summed E-state index contributed by atoms with van der Waals surface area (Å²) >= 11 is 0. The van der Waals surface area contributed by atoms with Crippen LogP contribution in [0.25, 0.3) is 0 Å². The smallest absolute Gasteiger partial charge is 0.265 e. The Hall–Kier alpha value is -2.82. The third-order valence-electron chi connectivity index (χ3n) is 5.55. The normalized spacial score (nSPS) is 17.0. The van der Waals surface area contributed by atoms with Crippen molar-refractivity contribution in [2.24, 2.45) is 0 Å². The fourth-order valence-corrected chi connectivity index (χ4v) is 3.95. The van der Waals surface area contributed by atoms with Crippen molar-refractivity contribution in [3.8, 4) is 5.75 Å². The Morgan fingerprint density at radius 2 is 1.86 bits per heavy atom. The van der Waals surface area contributed by atoms with Gasteiger partial charge < -0.3 is 15.0 Å². The van der Waals surface area contributed by atoms with Gasteiger partial charge in [0.2, 0.25) is 0 Å². The number of benzene rings is 2. The molecule has 0 bridgehead atoms. The molecule has 1 N–H and O–H groups in total. The molecule has 2 amide bonds. The number of fused-ring (bicyclic) bond motifs is 1. The summed E-state index contributed by atoms with van der Waals surface area (Å²) in [6.45, 7) is 2.51. The van der Waals surface area contributed by atoms with Crippen LogP contribution in [0.4, 0.5) is 5.69 Å². The van der Waals surface area contributed by atoms with E-state index in [0.717, 1.165) is 35.4 Å². The highest BCUT2D eigenvalue weighted by Gasteiger charge is 2.25. The second-order valence-corrected chi connectivity index (χ2v) is 7.75. The Morgan fingerprint density at radius 3 is 2.61 bits per heavy atom. The van der Waals surface area contributed by atoms with Gasteiger partial charge in [-0.3, -0.25) is 9.59 Å². The van der Waals surface area contributed by atoms with Gasteiger partial charge in [0.1, 0.15) is 5.75 Å². The number of aryl methyl sites for hydroxylation is 1. The first-order chi connectivity index (χ1) is 13.6. The van der Waals surface area contributed by atoms with Crippen LogP contribution in [-0.2, 0) is 11.3 Å². The van der Waals surface area contributed by atoms with E-state index >= 15 is 0 Å². The number of nitrogens with zero attached hydrogens (tertiary/aromatic N) is 1. The van der Waals surface area contributed by atoms with Gasteiger partial charge in [0, 0.05) is 11.6 Å². The van der Waals surface area contributed by atoms with Crippen LogP contribution >= 0.6 is 0 Å². The molecular weight excluding hydrogens is 352 g/mol. The van der Waals surface area contributed by atoms with Crippen LogP contribution in [0.15, 0.2) is 42.5 Å². The highest BCUT2D eigenvalue weighted by atomic mass is 16.5. The highest BCUT2D eigenvalue weighted by Crippen LogP contribution is 2.33. The van der Waals surface area contributed by atoms with Crippen molar-refractivity contribution in [3.05, 3.63) is 59.2 Å². The number of amides is 2. The molecule has 28 heavy (non-hydrogen) atoms. The molecule has 0 spiro atoms. The summed E-state index contributed by atoms with van der Waals surface area (Å²) in [6, 6.07) is 13.7. The first-order valence-corrected chi connectivity index (χ1v) is 10.0. The lowest BCUT2D eigenvalue weighted by molar-refractivity contribution is -0.121. The van der Waals surface area contributed by atoms with Gasteiger partial charge in [-0.15, -0.1) is 0 Å². The summed E-state index contributed by atoms with van der Waals surface area (Å²) in [5, 5.41) is 3.14. The molecule has 1 fully saturated rings. The van der Waals surface area contributed by atoms with Crippen LogP contribution in [-0.4, -0.2) is 24.5 Å². The zero-order valence-corrected chi connectivity index (χ0v) is 16.2. The first-order valence-electron chi connectivity index (χ1n) is 10.0. The third kappa shape index (κ3) is 4.03. The second-order valence-electron chi connectivity index (χ2n) is 7.75. The van der Waals surface area contributed by atoms with Crippen molar-refractivity contribution in [2.75, 3.05) is 11.5 Å². The van der Waals surface area contributed by atoms with Crippen molar-refractivity contribution in [3.63, 3.8) is 0 Å². The average Bonchev–Trinajstić information content (AvgIpc) is 2.71. The summed E-state index contributed by atoms with van der Waals surface area (Å²) in [7, 11) is 0. The molecule has 4 rings (SSSR count). The van der Waals surface area contributed by atoms with E-state index in [1.807, 2.05) is 49.4 Å². The lowest BCUT2D eigenvalue weighted by atomic mass is 9.95. The predicted octanol–water partition coefficient (Wildman–Crippen LogP) is 3.98. The summed E-state index contributed by atoms with van der Waals surface area (Å²) < 4.78 is 5.54. The molecular formula is C23H26N2O3. The number of rotatable bonds is 4. The summed E-state index contributed by atoms with van der Waals surface area (Å²) in [4.78, 5) is 26.6. The van der Waals surface area contributed by atoms with Gasteiger partial charge in [0.05, 0.1) is 12.2 Å². The maximum absolute atomic E-state index is 12.5. The Labute approximate surface area is 165 Å². The van der Waals surface area contributed by atoms with Gasteiger partial charge in [-0.05, 0) is 55.2 Å². The molecule has 1 heterocycles. The molecule has 0 aromatic heterocycles. The summed E-state index contributed by atoms with van der Waals surface area (Å²) in [5.74, 6) is 0.660. The number of ether oxygens (including phenoxy) is 1. The highest BCUT2D eigenvalue weighted by molar-refractivity contribution is 5.98. The van der Waals surface area contributed by atoms with E-state index in [9.17, 15) is 9.59 Å². The second kappa shape index (κ2) is 8.05. The monoisotopic (exact) mass is 378 g/mol. The number of carbonyl (C=O) groups excluding carboxylic acids is 2. The van der Waals surface area contributed by atoms with Gasteiger partial charge in [0.15, 0.2) is 6.61 Å². The van der Waals surface area contributed by atoms with E-state index < -0.39 is 0 Å². The molecule has 2 aromatic rings. The molecule has 1 saturated carbocycles. The van der Waals surface area contributed by atoms with Gasteiger partial charge in [-0.2, -0.15) is 0 Å². The van der Waals surface area contributed by atoms with Crippen molar-refractivity contribution >= 4 is 17.5 Å². The molecule has 1 aliphatic heterocycles. The molecule has 5 nitrogen and oxygen atoms in total. The maximum atomic E-state index is 12.5. The van der Waals surface area contributed by atoms with Crippen LogP contribution in [0.5, 0.6) is 5.75 Å². The molecule has 0 unspecified atom stereocenters. The van der Waals surface area contributed by atoms with Crippen LogP contribution < -0.4 is 15.0 Å². The van der Waals surface area contributed by atoms with Crippen molar-refractivity contribution in [1.29, 1.82) is 0 Å². The van der Waals surface area contributed by atoms with E-state index in [2.05, 4.69) is 5.32 Å². The van der Waals surface area contributed by atoms with E-state index in [1.165, 1.54) is 19.3 Å². The van der Waals surface area contributed by atoms with Crippen LogP contribution in [0.2, 0.25) is 0 Å². The molecule has 2 aliphatic rings.